The van der Waals surface area contributed by atoms with Crippen LogP contribution in [-0.4, -0.2) is 40.3 Å². The van der Waals surface area contributed by atoms with Gasteiger partial charge >= 0.3 is 0 Å². The molecule has 1 aliphatic heterocycles. The van der Waals surface area contributed by atoms with E-state index < -0.39 is 24.6 Å². The van der Waals surface area contributed by atoms with Gasteiger partial charge in [0.15, 0.2) is 9.84 Å². The summed E-state index contributed by atoms with van der Waals surface area (Å²) in [6, 6.07) is 11.7. The molecular weight excluding hydrogens is 496 g/mol. The normalized spacial score (nSPS) is 20.4. The summed E-state index contributed by atoms with van der Waals surface area (Å²) in [5, 5.41) is 0. The topological polar surface area (TPSA) is 101 Å². The van der Waals surface area contributed by atoms with Crippen LogP contribution in [0.5, 0.6) is 0 Å². The van der Waals surface area contributed by atoms with Crippen LogP contribution < -0.4 is 9.62 Å². The minimum absolute atomic E-state index is 0.219. The largest absolute Gasteiger partial charge is 0.307 e. The predicted molar refractivity (Wildman–Crippen MR) is 142 cm³/mol. The molecule has 1 amide bonds. The highest BCUT2D eigenvalue weighted by atomic mass is 32.2. The van der Waals surface area contributed by atoms with Gasteiger partial charge in [0.1, 0.15) is 0 Å². The van der Waals surface area contributed by atoms with Crippen molar-refractivity contribution in [2.75, 3.05) is 22.4 Å². The molecule has 194 valence electrons. The van der Waals surface area contributed by atoms with E-state index in [-0.39, 0.29) is 16.2 Å². The van der Waals surface area contributed by atoms with E-state index in [0.717, 1.165) is 36.9 Å². The molecule has 2 aromatic rings. The molecule has 1 N–H and O–H groups in total. The minimum atomic E-state index is -3.64. The van der Waals surface area contributed by atoms with Crippen LogP contribution in [0.25, 0.3) is 0 Å². The summed E-state index contributed by atoms with van der Waals surface area (Å²) in [5.74, 6) is -0.219. The zero-order valence-corrected chi connectivity index (χ0v) is 22.9. The van der Waals surface area contributed by atoms with Gasteiger partial charge < -0.3 is 4.90 Å². The first-order chi connectivity index (χ1) is 16.6. The maximum absolute atomic E-state index is 13.8. The van der Waals surface area contributed by atoms with Crippen LogP contribution in [0.3, 0.4) is 0 Å². The van der Waals surface area contributed by atoms with Crippen LogP contribution in [0.1, 0.15) is 75.2 Å². The highest BCUT2D eigenvalue weighted by Crippen LogP contribution is 2.62. The number of benzene rings is 2. The number of amides is 1. The highest BCUT2D eigenvalue weighted by Gasteiger charge is 2.53. The summed E-state index contributed by atoms with van der Waals surface area (Å²) in [5.41, 5.74) is 2.61. The van der Waals surface area contributed by atoms with Crippen molar-refractivity contribution in [2.24, 2.45) is 5.41 Å². The Kier molecular flexibility index (Phi) is 5.65. The molecule has 2 spiro atoms. The molecule has 1 heterocycles. The Morgan fingerprint density at radius 2 is 1.56 bits per heavy atom. The molecule has 2 aromatic carbocycles. The quantitative estimate of drug-likeness (QED) is 0.607. The van der Waals surface area contributed by atoms with Crippen LogP contribution in [0.2, 0.25) is 0 Å². The fraction of sp³-hybridized carbons (Fsp3) is 0.519. The molecular formula is C27H34N2O5S2. The molecule has 2 saturated carbocycles. The molecule has 2 fully saturated rings. The molecule has 36 heavy (non-hydrogen) atoms. The van der Waals surface area contributed by atoms with Gasteiger partial charge in [-0.05, 0) is 107 Å². The number of anilines is 2. The van der Waals surface area contributed by atoms with Crippen molar-refractivity contribution in [1.82, 2.24) is 0 Å². The lowest BCUT2D eigenvalue weighted by Gasteiger charge is -2.38. The molecule has 0 radical (unpaired) electrons. The Morgan fingerprint density at radius 1 is 0.917 bits per heavy atom. The standard InChI is InChI=1S/C27H34N2O5S2/c1-25(2,3)36(33,34)28-20-7-5-6-19(16-20)24(30)29-18-27(14-12-26(10-11-26)13-15-27)22-17-21(35(4,31)32)8-9-23(22)29/h5-9,16-17,28H,10-15,18H2,1-4H3. The zero-order chi connectivity index (χ0) is 26.1. The number of nitrogens with one attached hydrogen (secondary N) is 1. The molecule has 0 saturated heterocycles. The van der Waals surface area contributed by atoms with Crippen molar-refractivity contribution >= 4 is 37.1 Å². The monoisotopic (exact) mass is 530 g/mol. The lowest BCUT2D eigenvalue weighted by atomic mass is 9.66. The van der Waals surface area contributed by atoms with Gasteiger partial charge in [0.05, 0.1) is 9.64 Å². The number of sulfone groups is 1. The van der Waals surface area contributed by atoms with Gasteiger partial charge in [-0.3, -0.25) is 9.52 Å². The number of rotatable bonds is 4. The van der Waals surface area contributed by atoms with Crippen LogP contribution in [0, 0.1) is 5.41 Å². The Morgan fingerprint density at radius 3 is 2.14 bits per heavy atom. The predicted octanol–water partition coefficient (Wildman–Crippen LogP) is 4.88. The van der Waals surface area contributed by atoms with Gasteiger partial charge in [-0.2, -0.15) is 0 Å². The average Bonchev–Trinajstić information content (AvgIpc) is 3.49. The van der Waals surface area contributed by atoms with Crippen molar-refractivity contribution in [3.05, 3.63) is 53.6 Å². The fourth-order valence-corrected chi connectivity index (χ4v) is 6.99. The summed E-state index contributed by atoms with van der Waals surface area (Å²) < 4.78 is 51.6. The first-order valence-corrected chi connectivity index (χ1v) is 15.8. The third-order valence-corrected chi connectivity index (χ3v) is 11.6. The first-order valence-electron chi connectivity index (χ1n) is 12.4. The molecule has 7 nitrogen and oxygen atoms in total. The van der Waals surface area contributed by atoms with Gasteiger partial charge in [-0.1, -0.05) is 6.07 Å². The summed E-state index contributed by atoms with van der Waals surface area (Å²) >= 11 is 0. The summed E-state index contributed by atoms with van der Waals surface area (Å²) in [6.07, 6.45) is 7.80. The second-order valence-electron chi connectivity index (χ2n) is 11.9. The highest BCUT2D eigenvalue weighted by molar-refractivity contribution is 7.94. The minimum Gasteiger partial charge on any atom is -0.307 e. The molecule has 9 heteroatoms. The lowest BCUT2D eigenvalue weighted by molar-refractivity contribution is 0.0980. The number of fused-ring (bicyclic) bond motifs is 2. The van der Waals surface area contributed by atoms with Crippen molar-refractivity contribution in [1.29, 1.82) is 0 Å². The van der Waals surface area contributed by atoms with E-state index in [4.69, 9.17) is 0 Å². The second-order valence-corrected chi connectivity index (χ2v) is 16.4. The van der Waals surface area contributed by atoms with E-state index >= 15 is 0 Å². The van der Waals surface area contributed by atoms with Gasteiger partial charge in [0.25, 0.3) is 5.91 Å². The molecule has 5 rings (SSSR count). The first kappa shape index (κ1) is 25.3. The van der Waals surface area contributed by atoms with Crippen molar-refractivity contribution in [3.63, 3.8) is 0 Å². The van der Waals surface area contributed by atoms with Crippen molar-refractivity contribution in [2.45, 2.75) is 74.4 Å². The van der Waals surface area contributed by atoms with Crippen LogP contribution in [0.15, 0.2) is 47.4 Å². The van der Waals surface area contributed by atoms with E-state index in [1.807, 2.05) is 0 Å². The maximum Gasteiger partial charge on any atom is 0.258 e. The van der Waals surface area contributed by atoms with Crippen LogP contribution in [-0.2, 0) is 25.3 Å². The Bertz CT molecular complexity index is 1440. The Balaban J connectivity index is 1.50. The van der Waals surface area contributed by atoms with Crippen molar-refractivity contribution < 1.29 is 21.6 Å². The van der Waals surface area contributed by atoms with Crippen LogP contribution in [0.4, 0.5) is 11.4 Å². The number of nitrogens with zero attached hydrogens (tertiary/aromatic N) is 1. The molecule has 2 aliphatic carbocycles. The zero-order valence-electron chi connectivity index (χ0n) is 21.3. The van der Waals surface area contributed by atoms with E-state index in [1.54, 1.807) is 68.1 Å². The smallest absolute Gasteiger partial charge is 0.258 e. The summed E-state index contributed by atoms with van der Waals surface area (Å²) in [6.45, 7) is 5.35. The third kappa shape index (κ3) is 4.34. The summed E-state index contributed by atoms with van der Waals surface area (Å²) in [4.78, 5) is 15.8. The Hall–Kier alpha value is -2.39. The molecule has 3 aliphatic rings. The van der Waals surface area contributed by atoms with E-state index in [2.05, 4.69) is 4.72 Å². The lowest BCUT2D eigenvalue weighted by Crippen LogP contribution is -2.40. The van der Waals surface area contributed by atoms with Crippen molar-refractivity contribution in [3.8, 4) is 0 Å². The van der Waals surface area contributed by atoms with E-state index in [1.165, 1.54) is 19.1 Å². The van der Waals surface area contributed by atoms with Gasteiger partial charge in [-0.15, -0.1) is 0 Å². The van der Waals surface area contributed by atoms with Crippen LogP contribution >= 0.6 is 0 Å². The van der Waals surface area contributed by atoms with Gasteiger partial charge in [-0.25, -0.2) is 16.8 Å². The molecule has 0 bridgehead atoms. The number of carbonyl (C=O) groups is 1. The third-order valence-electron chi connectivity index (χ3n) is 8.36. The SMILES string of the molecule is CC(C)(C)S(=O)(=O)Nc1cccc(C(=O)N2CC3(CCC4(CC4)CC3)c3cc(S(C)(=O)=O)ccc32)c1. The average molecular weight is 531 g/mol. The maximum atomic E-state index is 13.8. The number of hydrogen-bond acceptors (Lipinski definition) is 5. The summed E-state index contributed by atoms with van der Waals surface area (Å²) in [7, 11) is -7.02. The number of hydrogen-bond donors (Lipinski definition) is 1. The van der Waals surface area contributed by atoms with E-state index in [9.17, 15) is 21.6 Å². The van der Waals surface area contributed by atoms with Gasteiger partial charge in [0, 0.05) is 35.2 Å². The number of carbonyl (C=O) groups excluding carboxylic acids is 1. The van der Waals surface area contributed by atoms with E-state index in [0.29, 0.717) is 23.2 Å². The molecule has 0 atom stereocenters. The fourth-order valence-electron chi connectivity index (χ4n) is 5.60. The number of sulfonamides is 1. The van der Waals surface area contributed by atoms with Gasteiger partial charge in [0.2, 0.25) is 10.0 Å². The second kappa shape index (κ2) is 8.05. The molecule has 0 aromatic heterocycles. The Labute approximate surface area is 214 Å². The molecule has 0 unspecified atom stereocenters.